The predicted octanol–water partition coefficient (Wildman–Crippen LogP) is 3.29. The van der Waals surface area contributed by atoms with Crippen LogP contribution in [0.1, 0.15) is 10.4 Å². The fraction of sp³-hybridized carbons (Fsp3) is 0.364. The molecule has 1 aliphatic heterocycles. The maximum absolute atomic E-state index is 13.4. The Kier molecular flexibility index (Phi) is 6.47. The van der Waals surface area contributed by atoms with Crippen molar-refractivity contribution in [2.24, 2.45) is 0 Å². The molecule has 0 spiro atoms. The summed E-state index contributed by atoms with van der Waals surface area (Å²) < 4.78 is 17.3. The van der Waals surface area contributed by atoms with Gasteiger partial charge in [-0.25, -0.2) is 4.98 Å². The molecule has 0 N–H and O–H groups in total. The minimum atomic E-state index is -0.0687. The van der Waals surface area contributed by atoms with Crippen LogP contribution in [-0.4, -0.2) is 69.4 Å². The van der Waals surface area contributed by atoms with Crippen LogP contribution in [0.4, 0.5) is 5.13 Å². The second-order valence-corrected chi connectivity index (χ2v) is 7.90. The van der Waals surface area contributed by atoms with Crippen molar-refractivity contribution in [2.45, 2.75) is 0 Å². The van der Waals surface area contributed by atoms with Gasteiger partial charge in [0.15, 0.2) is 5.13 Å². The van der Waals surface area contributed by atoms with Crippen molar-refractivity contribution in [3.8, 4) is 11.5 Å². The van der Waals surface area contributed by atoms with E-state index < -0.39 is 0 Å². The SMILES string of the molecule is COc1ccc(OC)c2sc(N(CCN3CCOCC3)C(=O)c3ccccc3)nc12. The van der Waals surface area contributed by atoms with Crippen LogP contribution >= 0.6 is 11.3 Å². The number of amides is 1. The number of rotatable bonds is 7. The van der Waals surface area contributed by atoms with E-state index in [4.69, 9.17) is 19.2 Å². The van der Waals surface area contributed by atoms with E-state index in [2.05, 4.69) is 4.90 Å². The smallest absolute Gasteiger partial charge is 0.260 e. The van der Waals surface area contributed by atoms with Gasteiger partial charge in [0.05, 0.1) is 27.4 Å². The normalized spacial score (nSPS) is 14.6. The number of anilines is 1. The van der Waals surface area contributed by atoms with Gasteiger partial charge in [-0.05, 0) is 24.3 Å². The number of hydrogen-bond donors (Lipinski definition) is 0. The van der Waals surface area contributed by atoms with Gasteiger partial charge < -0.3 is 14.2 Å². The van der Waals surface area contributed by atoms with Gasteiger partial charge in [-0.1, -0.05) is 29.5 Å². The van der Waals surface area contributed by atoms with E-state index in [9.17, 15) is 4.79 Å². The Bertz CT molecular complexity index is 961. The lowest BCUT2D eigenvalue weighted by Crippen LogP contribution is -2.43. The zero-order valence-electron chi connectivity index (χ0n) is 17.2. The van der Waals surface area contributed by atoms with Crippen LogP contribution < -0.4 is 14.4 Å². The third-order valence-corrected chi connectivity index (χ3v) is 6.23. The van der Waals surface area contributed by atoms with Crippen molar-refractivity contribution in [1.29, 1.82) is 0 Å². The summed E-state index contributed by atoms with van der Waals surface area (Å²) >= 11 is 1.44. The molecule has 158 valence electrons. The summed E-state index contributed by atoms with van der Waals surface area (Å²) in [5.74, 6) is 1.31. The minimum absolute atomic E-state index is 0.0687. The highest BCUT2D eigenvalue weighted by Crippen LogP contribution is 2.40. The van der Waals surface area contributed by atoms with Crippen LogP contribution in [0.3, 0.4) is 0 Å². The molecule has 1 aromatic heterocycles. The maximum Gasteiger partial charge on any atom is 0.260 e. The average Bonchev–Trinajstić information content (AvgIpc) is 3.25. The lowest BCUT2D eigenvalue weighted by atomic mass is 10.2. The van der Waals surface area contributed by atoms with Gasteiger partial charge >= 0.3 is 0 Å². The van der Waals surface area contributed by atoms with Gasteiger partial charge in [0.1, 0.15) is 21.7 Å². The molecule has 1 amide bonds. The largest absolute Gasteiger partial charge is 0.495 e. The summed E-state index contributed by atoms with van der Waals surface area (Å²) in [6.07, 6.45) is 0. The predicted molar refractivity (Wildman–Crippen MR) is 118 cm³/mol. The van der Waals surface area contributed by atoms with E-state index in [0.29, 0.717) is 28.5 Å². The Hall–Kier alpha value is -2.68. The van der Waals surface area contributed by atoms with Crippen molar-refractivity contribution in [1.82, 2.24) is 9.88 Å². The van der Waals surface area contributed by atoms with Gasteiger partial charge in [0.2, 0.25) is 0 Å². The monoisotopic (exact) mass is 427 g/mol. The summed E-state index contributed by atoms with van der Waals surface area (Å²) in [4.78, 5) is 22.2. The van der Waals surface area contributed by atoms with E-state index in [-0.39, 0.29) is 5.91 Å². The van der Waals surface area contributed by atoms with E-state index >= 15 is 0 Å². The zero-order valence-corrected chi connectivity index (χ0v) is 18.0. The van der Waals surface area contributed by atoms with Crippen LogP contribution in [0.25, 0.3) is 10.2 Å². The van der Waals surface area contributed by atoms with Crippen LogP contribution in [0.5, 0.6) is 11.5 Å². The Morgan fingerprint density at radius 1 is 1.10 bits per heavy atom. The second kappa shape index (κ2) is 9.42. The molecule has 3 aromatic rings. The summed E-state index contributed by atoms with van der Waals surface area (Å²) in [5, 5.41) is 0.634. The zero-order chi connectivity index (χ0) is 20.9. The van der Waals surface area contributed by atoms with E-state index in [1.807, 2.05) is 42.5 Å². The van der Waals surface area contributed by atoms with E-state index in [0.717, 1.165) is 43.3 Å². The van der Waals surface area contributed by atoms with Gasteiger partial charge in [-0.3, -0.25) is 14.6 Å². The summed E-state index contributed by atoms with van der Waals surface area (Å²) in [6, 6.07) is 13.0. The summed E-state index contributed by atoms with van der Waals surface area (Å²) in [7, 11) is 3.25. The highest BCUT2D eigenvalue weighted by molar-refractivity contribution is 7.22. The molecule has 1 aliphatic rings. The Balaban J connectivity index is 1.70. The molecule has 4 rings (SSSR count). The number of carbonyl (C=O) groups is 1. The van der Waals surface area contributed by atoms with Crippen LogP contribution in [0, 0.1) is 0 Å². The Morgan fingerprint density at radius 2 is 1.80 bits per heavy atom. The number of nitrogens with zero attached hydrogens (tertiary/aromatic N) is 3. The molecule has 0 aliphatic carbocycles. The minimum Gasteiger partial charge on any atom is -0.495 e. The molecule has 2 heterocycles. The molecule has 2 aromatic carbocycles. The van der Waals surface area contributed by atoms with Crippen molar-refractivity contribution < 1.29 is 19.0 Å². The molecule has 30 heavy (non-hydrogen) atoms. The quantitative estimate of drug-likeness (QED) is 0.577. The molecule has 0 saturated carbocycles. The third-order valence-electron chi connectivity index (χ3n) is 5.14. The number of aromatic nitrogens is 1. The van der Waals surface area contributed by atoms with Crippen molar-refractivity contribution in [3.63, 3.8) is 0 Å². The van der Waals surface area contributed by atoms with E-state index in [1.165, 1.54) is 11.3 Å². The first-order valence-corrected chi connectivity index (χ1v) is 10.7. The first kappa shape index (κ1) is 20.6. The lowest BCUT2D eigenvalue weighted by Gasteiger charge is -2.29. The van der Waals surface area contributed by atoms with Crippen LogP contribution in [0.15, 0.2) is 42.5 Å². The number of ether oxygens (including phenoxy) is 3. The van der Waals surface area contributed by atoms with Gasteiger partial charge in [-0.2, -0.15) is 0 Å². The number of carbonyl (C=O) groups excluding carboxylic acids is 1. The highest BCUT2D eigenvalue weighted by Gasteiger charge is 2.24. The molecule has 1 saturated heterocycles. The standard InChI is InChI=1S/C22H25N3O4S/c1-27-17-8-9-18(28-2)20-19(17)23-22(30-20)25(11-10-24-12-14-29-15-13-24)21(26)16-6-4-3-5-7-16/h3-9H,10-15H2,1-2H3. The number of morpholine rings is 1. The first-order chi connectivity index (χ1) is 14.7. The molecular formula is C22H25N3O4S. The van der Waals surface area contributed by atoms with E-state index in [1.54, 1.807) is 19.1 Å². The molecule has 0 radical (unpaired) electrons. The summed E-state index contributed by atoms with van der Waals surface area (Å²) in [6.45, 7) is 4.48. The van der Waals surface area contributed by atoms with Crippen LogP contribution in [0.2, 0.25) is 0 Å². The number of methoxy groups -OCH3 is 2. The van der Waals surface area contributed by atoms with Gasteiger partial charge in [0, 0.05) is 31.7 Å². The molecular weight excluding hydrogens is 402 g/mol. The molecule has 0 bridgehead atoms. The molecule has 0 unspecified atom stereocenters. The molecule has 8 heteroatoms. The Labute approximate surface area is 179 Å². The van der Waals surface area contributed by atoms with Gasteiger partial charge in [0.25, 0.3) is 5.91 Å². The van der Waals surface area contributed by atoms with Gasteiger partial charge in [-0.15, -0.1) is 0 Å². The maximum atomic E-state index is 13.4. The fourth-order valence-electron chi connectivity index (χ4n) is 3.48. The highest BCUT2D eigenvalue weighted by atomic mass is 32.1. The average molecular weight is 428 g/mol. The third kappa shape index (κ3) is 4.26. The number of hydrogen-bond acceptors (Lipinski definition) is 7. The first-order valence-electron chi connectivity index (χ1n) is 9.90. The fourth-order valence-corrected chi connectivity index (χ4v) is 4.58. The second-order valence-electron chi connectivity index (χ2n) is 6.92. The topological polar surface area (TPSA) is 64.1 Å². The summed E-state index contributed by atoms with van der Waals surface area (Å²) in [5.41, 5.74) is 1.34. The number of benzene rings is 2. The van der Waals surface area contributed by atoms with Crippen molar-refractivity contribution in [2.75, 3.05) is 58.5 Å². The molecule has 7 nitrogen and oxygen atoms in total. The molecule has 0 atom stereocenters. The van der Waals surface area contributed by atoms with Crippen LogP contribution in [-0.2, 0) is 4.74 Å². The van der Waals surface area contributed by atoms with Crippen molar-refractivity contribution >= 4 is 32.6 Å². The van der Waals surface area contributed by atoms with Crippen molar-refractivity contribution in [3.05, 3.63) is 48.0 Å². The number of thiazole rings is 1. The number of fused-ring (bicyclic) bond motifs is 1. The lowest BCUT2D eigenvalue weighted by molar-refractivity contribution is 0.0391. The molecule has 1 fully saturated rings. The Morgan fingerprint density at radius 3 is 2.50 bits per heavy atom.